The van der Waals surface area contributed by atoms with E-state index >= 15 is 0 Å². The van der Waals surface area contributed by atoms with E-state index in [1.807, 2.05) is 20.8 Å². The standard InChI is InChI=1S/C31H33F4N5O2/c1-30(2,3)39-29(42)40-14-12-22-21(18-5-4-6-19(15-18)31(33,34)35)8-9-23(24(22)17-40)28(41)36-13-11-27-37-25-10-7-20(32)16-26(25)38-27/h4-10,15-16,23-24H,11-14,17H2,1-3H3,(H,36,41)(H,37,38)(H,39,42). The summed E-state index contributed by atoms with van der Waals surface area (Å²) >= 11 is 0. The molecular weight excluding hydrogens is 550 g/mol. The fraction of sp³-hybridized carbons (Fsp3) is 0.387. The maximum atomic E-state index is 13.5. The van der Waals surface area contributed by atoms with Gasteiger partial charge in [-0.25, -0.2) is 14.2 Å². The number of nitrogens with zero attached hydrogens (tertiary/aromatic N) is 2. The average Bonchev–Trinajstić information content (AvgIpc) is 3.32. The molecule has 0 radical (unpaired) electrons. The summed E-state index contributed by atoms with van der Waals surface area (Å²) in [6.45, 7) is 6.53. The zero-order chi connectivity index (χ0) is 30.2. The number of halogens is 4. The van der Waals surface area contributed by atoms with Gasteiger partial charge in [-0.15, -0.1) is 0 Å². The maximum absolute atomic E-state index is 13.5. The van der Waals surface area contributed by atoms with Crippen LogP contribution in [0.1, 0.15) is 44.1 Å². The number of carbonyl (C=O) groups is 2. The van der Waals surface area contributed by atoms with Gasteiger partial charge in [-0.05, 0) is 62.6 Å². The van der Waals surface area contributed by atoms with Gasteiger partial charge < -0.3 is 20.5 Å². The Balaban J connectivity index is 1.36. The molecule has 5 rings (SSSR count). The van der Waals surface area contributed by atoms with E-state index in [2.05, 4.69) is 20.6 Å². The summed E-state index contributed by atoms with van der Waals surface area (Å²) in [6, 6.07) is 9.21. The third-order valence-corrected chi connectivity index (χ3v) is 7.49. The minimum absolute atomic E-state index is 0.247. The van der Waals surface area contributed by atoms with Crippen LogP contribution in [0.4, 0.5) is 22.4 Å². The Hall–Kier alpha value is -4.15. The molecule has 1 fully saturated rings. The van der Waals surface area contributed by atoms with Crippen LogP contribution in [0, 0.1) is 17.7 Å². The van der Waals surface area contributed by atoms with E-state index < -0.39 is 29.1 Å². The molecule has 42 heavy (non-hydrogen) atoms. The van der Waals surface area contributed by atoms with Crippen molar-refractivity contribution in [3.8, 4) is 0 Å². The van der Waals surface area contributed by atoms with Crippen LogP contribution >= 0.6 is 0 Å². The van der Waals surface area contributed by atoms with Gasteiger partial charge in [0.1, 0.15) is 11.6 Å². The van der Waals surface area contributed by atoms with E-state index in [-0.39, 0.29) is 30.8 Å². The molecule has 11 heteroatoms. The third-order valence-electron chi connectivity index (χ3n) is 7.49. The molecule has 3 N–H and O–H groups in total. The first-order valence-corrected chi connectivity index (χ1v) is 13.9. The second-order valence-electron chi connectivity index (χ2n) is 11.8. The number of amides is 3. The largest absolute Gasteiger partial charge is 0.416 e. The Morgan fingerprint density at radius 2 is 1.90 bits per heavy atom. The number of piperidine rings is 1. The molecule has 3 amide bonds. The van der Waals surface area contributed by atoms with Crippen molar-refractivity contribution in [1.82, 2.24) is 25.5 Å². The predicted molar refractivity (Wildman–Crippen MR) is 152 cm³/mol. The molecule has 2 heterocycles. The number of aromatic amines is 1. The van der Waals surface area contributed by atoms with Gasteiger partial charge in [-0.3, -0.25) is 4.79 Å². The number of hydrogen-bond donors (Lipinski definition) is 3. The molecular formula is C31H33F4N5O2. The molecule has 0 bridgehead atoms. The van der Waals surface area contributed by atoms with Crippen molar-refractivity contribution in [2.75, 3.05) is 19.6 Å². The summed E-state index contributed by atoms with van der Waals surface area (Å²) in [7, 11) is 0. The monoisotopic (exact) mass is 583 g/mol. The lowest BCUT2D eigenvalue weighted by Gasteiger charge is -2.41. The number of hydrogen-bond acceptors (Lipinski definition) is 3. The lowest BCUT2D eigenvalue weighted by atomic mass is 9.73. The first-order chi connectivity index (χ1) is 19.8. The fourth-order valence-electron chi connectivity index (χ4n) is 5.56. The summed E-state index contributed by atoms with van der Waals surface area (Å²) in [5.41, 5.74) is 1.93. The summed E-state index contributed by atoms with van der Waals surface area (Å²) < 4.78 is 53.9. The lowest BCUT2D eigenvalue weighted by molar-refractivity contribution is -0.137. The number of likely N-dealkylation sites (tertiary alicyclic amines) is 1. The van der Waals surface area contributed by atoms with Crippen molar-refractivity contribution in [2.24, 2.45) is 11.8 Å². The minimum Gasteiger partial charge on any atom is -0.355 e. The Morgan fingerprint density at radius 1 is 1.12 bits per heavy atom. The molecule has 3 aromatic rings. The van der Waals surface area contributed by atoms with Crippen LogP contribution in [-0.4, -0.2) is 52.0 Å². The van der Waals surface area contributed by atoms with Crippen molar-refractivity contribution in [1.29, 1.82) is 0 Å². The van der Waals surface area contributed by atoms with Crippen molar-refractivity contribution < 1.29 is 27.2 Å². The van der Waals surface area contributed by atoms with Crippen molar-refractivity contribution in [3.63, 3.8) is 0 Å². The Labute approximate surface area is 241 Å². The lowest BCUT2D eigenvalue weighted by Crippen LogP contribution is -2.53. The molecule has 0 saturated carbocycles. The maximum Gasteiger partial charge on any atom is 0.416 e. The van der Waals surface area contributed by atoms with E-state index in [4.69, 9.17) is 0 Å². The van der Waals surface area contributed by atoms with Crippen LogP contribution in [0.15, 0.2) is 60.2 Å². The van der Waals surface area contributed by atoms with Gasteiger partial charge in [-0.1, -0.05) is 29.9 Å². The van der Waals surface area contributed by atoms with Crippen LogP contribution in [0.25, 0.3) is 16.6 Å². The Kier molecular flexibility index (Phi) is 7.87. The molecule has 222 valence electrons. The summed E-state index contributed by atoms with van der Waals surface area (Å²) in [6.07, 6.45) is -0.221. The molecule has 2 unspecified atom stereocenters. The van der Waals surface area contributed by atoms with E-state index in [0.29, 0.717) is 47.4 Å². The zero-order valence-electron chi connectivity index (χ0n) is 23.6. The van der Waals surface area contributed by atoms with Crippen molar-refractivity contribution in [3.05, 3.63) is 83.0 Å². The molecule has 7 nitrogen and oxygen atoms in total. The first-order valence-electron chi connectivity index (χ1n) is 13.9. The smallest absolute Gasteiger partial charge is 0.355 e. The number of nitrogens with one attached hydrogen (secondary N) is 3. The van der Waals surface area contributed by atoms with Crippen LogP contribution < -0.4 is 10.6 Å². The van der Waals surface area contributed by atoms with Gasteiger partial charge >= 0.3 is 12.2 Å². The zero-order valence-corrected chi connectivity index (χ0v) is 23.6. The molecule has 2 atom stereocenters. The van der Waals surface area contributed by atoms with Gasteiger partial charge in [0.2, 0.25) is 5.91 Å². The van der Waals surface area contributed by atoms with Gasteiger partial charge in [0.15, 0.2) is 0 Å². The number of urea groups is 1. The van der Waals surface area contributed by atoms with Gasteiger partial charge in [0, 0.05) is 43.6 Å². The number of carbonyl (C=O) groups excluding carboxylic acids is 2. The molecule has 1 saturated heterocycles. The van der Waals surface area contributed by atoms with Crippen LogP contribution in [0.2, 0.25) is 0 Å². The minimum atomic E-state index is -4.48. The fourth-order valence-corrected chi connectivity index (χ4v) is 5.56. The summed E-state index contributed by atoms with van der Waals surface area (Å²) in [5.74, 6) is -1.07. The van der Waals surface area contributed by atoms with Crippen LogP contribution in [-0.2, 0) is 17.4 Å². The molecule has 1 aliphatic carbocycles. The van der Waals surface area contributed by atoms with E-state index in [0.717, 1.165) is 17.7 Å². The number of alkyl halides is 3. The number of rotatable bonds is 5. The topological polar surface area (TPSA) is 90.1 Å². The highest BCUT2D eigenvalue weighted by atomic mass is 19.4. The highest BCUT2D eigenvalue weighted by Crippen LogP contribution is 2.41. The molecule has 1 aliphatic heterocycles. The van der Waals surface area contributed by atoms with Crippen molar-refractivity contribution >= 4 is 28.5 Å². The third kappa shape index (κ3) is 6.50. The first kappa shape index (κ1) is 29.3. The molecule has 2 aliphatic rings. The second kappa shape index (κ2) is 11.3. The van der Waals surface area contributed by atoms with Gasteiger partial charge in [-0.2, -0.15) is 13.2 Å². The summed E-state index contributed by atoms with van der Waals surface area (Å²) in [5, 5.41) is 5.90. The SMILES string of the molecule is CC(C)(C)NC(=O)N1CCC2=C(c3cccc(C(F)(F)F)c3)C=CC(C(=O)NCCc3nc4cc(F)ccc4[nH]3)C2C1. The highest BCUT2D eigenvalue weighted by Gasteiger charge is 2.39. The highest BCUT2D eigenvalue weighted by molar-refractivity contribution is 5.87. The average molecular weight is 584 g/mol. The quantitative estimate of drug-likeness (QED) is 0.329. The molecule has 0 spiro atoms. The number of aromatic nitrogens is 2. The number of benzene rings is 2. The number of H-pyrrole nitrogens is 1. The van der Waals surface area contributed by atoms with E-state index in [1.165, 1.54) is 18.2 Å². The Bertz CT molecular complexity index is 1570. The van der Waals surface area contributed by atoms with Crippen LogP contribution in [0.5, 0.6) is 0 Å². The van der Waals surface area contributed by atoms with Crippen LogP contribution in [0.3, 0.4) is 0 Å². The molecule has 1 aromatic heterocycles. The normalized spacial score (nSPS) is 19.2. The second-order valence-corrected chi connectivity index (χ2v) is 11.8. The Morgan fingerprint density at radius 3 is 2.64 bits per heavy atom. The number of fused-ring (bicyclic) bond motifs is 2. The van der Waals surface area contributed by atoms with E-state index in [9.17, 15) is 27.2 Å². The predicted octanol–water partition coefficient (Wildman–Crippen LogP) is 5.85. The van der Waals surface area contributed by atoms with Gasteiger partial charge in [0.25, 0.3) is 0 Å². The molecule has 2 aromatic carbocycles. The van der Waals surface area contributed by atoms with Crippen molar-refractivity contribution in [2.45, 2.75) is 45.3 Å². The summed E-state index contributed by atoms with van der Waals surface area (Å²) in [4.78, 5) is 35.6. The number of allylic oxidation sites excluding steroid dienone is 2. The van der Waals surface area contributed by atoms with Gasteiger partial charge in [0.05, 0.1) is 22.5 Å². The number of imidazole rings is 1. The van der Waals surface area contributed by atoms with E-state index in [1.54, 1.807) is 29.2 Å².